The molecule has 2 atom stereocenters. The first-order valence-electron chi connectivity index (χ1n) is 5.99. The van der Waals surface area contributed by atoms with Crippen molar-refractivity contribution in [3.63, 3.8) is 0 Å². The van der Waals surface area contributed by atoms with Gasteiger partial charge in [-0.15, -0.1) is 0 Å². The van der Waals surface area contributed by atoms with Gasteiger partial charge in [0.15, 0.2) is 0 Å². The number of aryl methyl sites for hydroxylation is 1. The van der Waals surface area contributed by atoms with Crippen molar-refractivity contribution < 1.29 is 0 Å². The first-order valence-corrected chi connectivity index (χ1v) is 5.99. The van der Waals surface area contributed by atoms with Crippen LogP contribution in [0.5, 0.6) is 0 Å². The van der Waals surface area contributed by atoms with E-state index < -0.39 is 0 Å². The molecule has 1 heterocycles. The van der Waals surface area contributed by atoms with Crippen LogP contribution in [0.3, 0.4) is 0 Å². The number of nitrogens with one attached hydrogen (secondary N) is 2. The fourth-order valence-corrected chi connectivity index (χ4v) is 2.41. The lowest BCUT2D eigenvalue weighted by atomic mass is 9.86. The van der Waals surface area contributed by atoms with Gasteiger partial charge in [0.2, 0.25) is 0 Å². The predicted octanol–water partition coefficient (Wildman–Crippen LogP) is 2.39. The highest BCUT2D eigenvalue weighted by Crippen LogP contribution is 2.24. The lowest BCUT2D eigenvalue weighted by Crippen LogP contribution is -2.36. The second kappa shape index (κ2) is 4.79. The van der Waals surface area contributed by atoms with Crippen LogP contribution in [-0.2, 0) is 6.54 Å². The Morgan fingerprint density at radius 2 is 2.27 bits per heavy atom. The largest absolute Gasteiger partial charge is 0.310 e. The maximum absolute atomic E-state index is 4.04. The number of H-pyrrole nitrogens is 1. The van der Waals surface area contributed by atoms with E-state index in [0.717, 1.165) is 12.5 Å². The van der Waals surface area contributed by atoms with Crippen molar-refractivity contribution in [2.45, 2.75) is 52.1 Å². The van der Waals surface area contributed by atoms with Crippen molar-refractivity contribution in [1.82, 2.24) is 15.5 Å². The third kappa shape index (κ3) is 2.59. The average molecular weight is 207 g/mol. The molecular formula is C12H21N3. The zero-order valence-electron chi connectivity index (χ0n) is 9.71. The van der Waals surface area contributed by atoms with Crippen LogP contribution in [0.25, 0.3) is 0 Å². The molecule has 3 heteroatoms. The summed E-state index contributed by atoms with van der Waals surface area (Å²) in [5.41, 5.74) is 2.48. The minimum Gasteiger partial charge on any atom is -0.310 e. The Morgan fingerprint density at radius 3 is 2.93 bits per heavy atom. The first kappa shape index (κ1) is 10.7. The summed E-state index contributed by atoms with van der Waals surface area (Å²) in [4.78, 5) is 0. The van der Waals surface area contributed by atoms with Gasteiger partial charge in [0.1, 0.15) is 0 Å². The maximum atomic E-state index is 4.04. The van der Waals surface area contributed by atoms with Gasteiger partial charge in [0.25, 0.3) is 0 Å². The fraction of sp³-hybridized carbons (Fsp3) is 0.750. The van der Waals surface area contributed by atoms with Crippen LogP contribution < -0.4 is 5.32 Å². The molecule has 2 N–H and O–H groups in total. The molecule has 0 saturated heterocycles. The highest BCUT2D eigenvalue weighted by atomic mass is 15.1. The molecule has 0 radical (unpaired) electrons. The topological polar surface area (TPSA) is 40.7 Å². The van der Waals surface area contributed by atoms with E-state index in [1.165, 1.54) is 36.9 Å². The Bertz CT molecular complexity index is 306. The fourth-order valence-electron chi connectivity index (χ4n) is 2.41. The smallest absolute Gasteiger partial charge is 0.0535 e. The predicted molar refractivity (Wildman–Crippen MR) is 61.6 cm³/mol. The van der Waals surface area contributed by atoms with Crippen molar-refractivity contribution in [2.24, 2.45) is 5.92 Å². The summed E-state index contributed by atoms with van der Waals surface area (Å²) in [5, 5.41) is 10.7. The SMILES string of the molecule is Cc1[nH]ncc1CN[C@H]1CCCC[C@@H]1C. The van der Waals surface area contributed by atoms with Crippen LogP contribution >= 0.6 is 0 Å². The zero-order chi connectivity index (χ0) is 10.7. The molecule has 1 aliphatic rings. The van der Waals surface area contributed by atoms with E-state index in [-0.39, 0.29) is 0 Å². The van der Waals surface area contributed by atoms with Gasteiger partial charge in [-0.3, -0.25) is 5.10 Å². The number of aromatic nitrogens is 2. The third-order valence-corrected chi connectivity index (χ3v) is 3.60. The number of rotatable bonds is 3. The van der Waals surface area contributed by atoms with Crippen molar-refractivity contribution in [1.29, 1.82) is 0 Å². The third-order valence-electron chi connectivity index (χ3n) is 3.60. The van der Waals surface area contributed by atoms with Gasteiger partial charge in [0, 0.05) is 23.8 Å². The molecule has 0 unspecified atom stereocenters. The summed E-state index contributed by atoms with van der Waals surface area (Å²) in [5.74, 6) is 0.825. The number of aromatic amines is 1. The van der Waals surface area contributed by atoms with Gasteiger partial charge in [0.05, 0.1) is 6.20 Å². The molecule has 15 heavy (non-hydrogen) atoms. The molecule has 0 aromatic carbocycles. The Kier molecular flexibility index (Phi) is 3.41. The summed E-state index contributed by atoms with van der Waals surface area (Å²) >= 11 is 0. The van der Waals surface area contributed by atoms with E-state index >= 15 is 0 Å². The monoisotopic (exact) mass is 207 g/mol. The summed E-state index contributed by atoms with van der Waals surface area (Å²) < 4.78 is 0. The minimum atomic E-state index is 0.702. The lowest BCUT2D eigenvalue weighted by Gasteiger charge is -2.29. The standard InChI is InChI=1S/C12H21N3/c1-9-5-3-4-6-12(9)13-7-11-8-14-15-10(11)2/h8-9,12-13H,3-7H2,1-2H3,(H,14,15)/t9-,12-/m0/s1. The molecule has 1 aromatic rings. The molecule has 2 rings (SSSR count). The van der Waals surface area contributed by atoms with Gasteiger partial charge in [-0.2, -0.15) is 5.10 Å². The average Bonchev–Trinajstić information content (AvgIpc) is 2.63. The Labute approximate surface area is 91.7 Å². The quantitative estimate of drug-likeness (QED) is 0.799. The Morgan fingerprint density at radius 1 is 1.47 bits per heavy atom. The van der Waals surface area contributed by atoms with Gasteiger partial charge in [-0.1, -0.05) is 19.8 Å². The minimum absolute atomic E-state index is 0.702. The zero-order valence-corrected chi connectivity index (χ0v) is 9.71. The summed E-state index contributed by atoms with van der Waals surface area (Å²) in [6.45, 7) is 5.39. The molecule has 1 fully saturated rings. The molecule has 1 saturated carbocycles. The molecule has 0 amide bonds. The van der Waals surface area contributed by atoms with Crippen LogP contribution in [0.15, 0.2) is 6.20 Å². The van der Waals surface area contributed by atoms with E-state index in [1.54, 1.807) is 0 Å². The summed E-state index contributed by atoms with van der Waals surface area (Å²) in [7, 11) is 0. The molecule has 84 valence electrons. The second-order valence-corrected chi connectivity index (χ2v) is 4.77. The van der Waals surface area contributed by atoms with Crippen molar-refractivity contribution in [3.8, 4) is 0 Å². The Hall–Kier alpha value is -0.830. The molecule has 1 aromatic heterocycles. The van der Waals surface area contributed by atoms with Crippen LogP contribution in [-0.4, -0.2) is 16.2 Å². The van der Waals surface area contributed by atoms with Gasteiger partial charge in [-0.25, -0.2) is 0 Å². The highest BCUT2D eigenvalue weighted by Gasteiger charge is 2.20. The number of hydrogen-bond donors (Lipinski definition) is 2. The van der Waals surface area contributed by atoms with Crippen molar-refractivity contribution in [2.75, 3.05) is 0 Å². The number of nitrogens with zero attached hydrogens (tertiary/aromatic N) is 1. The van der Waals surface area contributed by atoms with Crippen molar-refractivity contribution in [3.05, 3.63) is 17.5 Å². The maximum Gasteiger partial charge on any atom is 0.0535 e. The van der Waals surface area contributed by atoms with Crippen LogP contribution in [0, 0.1) is 12.8 Å². The van der Waals surface area contributed by atoms with Crippen LogP contribution in [0.4, 0.5) is 0 Å². The number of hydrogen-bond acceptors (Lipinski definition) is 2. The molecule has 0 spiro atoms. The molecular weight excluding hydrogens is 186 g/mol. The first-order chi connectivity index (χ1) is 7.27. The van der Waals surface area contributed by atoms with Crippen LogP contribution in [0.1, 0.15) is 43.9 Å². The van der Waals surface area contributed by atoms with Crippen LogP contribution in [0.2, 0.25) is 0 Å². The lowest BCUT2D eigenvalue weighted by molar-refractivity contribution is 0.279. The van der Waals surface area contributed by atoms with Gasteiger partial charge >= 0.3 is 0 Å². The van der Waals surface area contributed by atoms with E-state index in [0.29, 0.717) is 6.04 Å². The summed E-state index contributed by atoms with van der Waals surface area (Å²) in [6, 6.07) is 0.702. The van der Waals surface area contributed by atoms with E-state index in [4.69, 9.17) is 0 Å². The highest BCUT2D eigenvalue weighted by molar-refractivity contribution is 5.13. The van der Waals surface area contributed by atoms with E-state index in [2.05, 4.69) is 29.4 Å². The molecule has 0 bridgehead atoms. The van der Waals surface area contributed by atoms with E-state index in [9.17, 15) is 0 Å². The molecule has 3 nitrogen and oxygen atoms in total. The summed E-state index contributed by atoms with van der Waals surface area (Å²) in [6.07, 6.45) is 7.42. The van der Waals surface area contributed by atoms with Crippen molar-refractivity contribution >= 4 is 0 Å². The Balaban J connectivity index is 1.84. The van der Waals surface area contributed by atoms with E-state index in [1.807, 2.05) is 6.20 Å². The molecule has 0 aliphatic heterocycles. The second-order valence-electron chi connectivity index (χ2n) is 4.77. The van der Waals surface area contributed by atoms with Gasteiger partial charge in [-0.05, 0) is 25.7 Å². The van der Waals surface area contributed by atoms with Gasteiger partial charge < -0.3 is 5.32 Å². The normalized spacial score (nSPS) is 26.8. The molecule has 1 aliphatic carbocycles.